The Kier molecular flexibility index (Phi) is 8.25. The molecule has 0 amide bonds. The fourth-order valence-electron chi connectivity index (χ4n) is 9.22. The summed E-state index contributed by atoms with van der Waals surface area (Å²) in [7, 11) is 0. The number of ether oxygens (including phenoxy) is 4. The quantitative estimate of drug-likeness (QED) is 0.106. The lowest BCUT2D eigenvalue weighted by molar-refractivity contribution is -0.219. The molecule has 12 N–H and O–H groups in total. The van der Waals surface area contributed by atoms with E-state index in [9.17, 15) is 61.3 Å². The Hall–Kier alpha value is -7.40. The van der Waals surface area contributed by atoms with Crippen LogP contribution in [0.5, 0.6) is 74.7 Å². The average molecular weight is 833 g/mol. The second-order valence-corrected chi connectivity index (χ2v) is 15.6. The van der Waals surface area contributed by atoms with E-state index in [4.69, 9.17) is 18.9 Å². The van der Waals surface area contributed by atoms with Crippen molar-refractivity contribution >= 4 is 0 Å². The maximum atomic E-state index is 12.5. The Balaban J connectivity index is 1.24. The predicted octanol–water partition coefficient (Wildman–Crippen LogP) is 4.83. The van der Waals surface area contributed by atoms with Crippen LogP contribution in [-0.4, -0.2) is 79.6 Å². The van der Waals surface area contributed by atoms with Gasteiger partial charge in [0.15, 0.2) is 17.6 Å². The maximum Gasteiger partial charge on any atom is 0.305 e. The van der Waals surface area contributed by atoms with Crippen molar-refractivity contribution in [2.24, 2.45) is 0 Å². The van der Waals surface area contributed by atoms with Gasteiger partial charge in [0, 0.05) is 64.1 Å². The highest BCUT2D eigenvalue weighted by Crippen LogP contribution is 2.65. The SMILES string of the molecule is Oc1ccc([C@H]2Oc3c(c(O)cc4c3[C@H]3c5c(O)cc(O)cc5O[C@@](c5ccc(O)cc5)(O4)[C@@H]3O)[C@H](c3c(O)cc(O)c4c3O[C@H](c3ccc(O)c(O)c3)[C@H](O)C4)[C@H]2O)cc1. The summed E-state index contributed by atoms with van der Waals surface area (Å²) in [5.74, 6) is -9.17. The summed E-state index contributed by atoms with van der Waals surface area (Å²) in [5, 5.41) is 134. The maximum absolute atomic E-state index is 12.5. The van der Waals surface area contributed by atoms with Gasteiger partial charge in [-0.05, 0) is 59.7 Å². The van der Waals surface area contributed by atoms with E-state index in [1.54, 1.807) is 0 Å². The fraction of sp³-hybridized carbons (Fsp3) is 0.200. The number of fused-ring (bicyclic) bond motifs is 9. The van der Waals surface area contributed by atoms with Crippen LogP contribution in [0.3, 0.4) is 0 Å². The molecule has 16 nitrogen and oxygen atoms in total. The first-order valence-electron chi connectivity index (χ1n) is 19.0. The highest BCUT2D eigenvalue weighted by molar-refractivity contribution is 5.72. The molecule has 0 fully saturated rings. The lowest BCUT2D eigenvalue weighted by Crippen LogP contribution is -2.57. The van der Waals surface area contributed by atoms with Crippen LogP contribution in [0.15, 0.2) is 91.0 Å². The Morgan fingerprint density at radius 3 is 1.74 bits per heavy atom. The van der Waals surface area contributed by atoms with Gasteiger partial charge in [0.05, 0.1) is 17.9 Å². The monoisotopic (exact) mass is 832 g/mol. The highest BCUT2D eigenvalue weighted by atomic mass is 16.7. The number of phenolic OH excluding ortho intramolecular Hbond substituents is 9. The molecule has 0 saturated heterocycles. The van der Waals surface area contributed by atoms with Crippen LogP contribution in [0.2, 0.25) is 0 Å². The summed E-state index contributed by atoms with van der Waals surface area (Å²) in [5.41, 5.74) is 0.451. The van der Waals surface area contributed by atoms with Crippen LogP contribution < -0.4 is 18.9 Å². The smallest absolute Gasteiger partial charge is 0.305 e. The van der Waals surface area contributed by atoms with E-state index in [1.165, 1.54) is 78.9 Å². The van der Waals surface area contributed by atoms with Gasteiger partial charge in [-0.1, -0.05) is 18.2 Å². The highest BCUT2D eigenvalue weighted by Gasteiger charge is 2.61. The third-order valence-electron chi connectivity index (χ3n) is 12.0. The number of aromatic hydroxyl groups is 9. The first-order valence-corrected chi connectivity index (χ1v) is 19.0. The molecule has 4 aliphatic rings. The minimum absolute atomic E-state index is 0.00762. The summed E-state index contributed by atoms with van der Waals surface area (Å²) in [6.45, 7) is 0. The number of aliphatic hydroxyl groups excluding tert-OH is 3. The van der Waals surface area contributed by atoms with Gasteiger partial charge in [0.25, 0.3) is 0 Å². The van der Waals surface area contributed by atoms with E-state index in [-0.39, 0.29) is 85.6 Å². The molecule has 4 aliphatic heterocycles. The Morgan fingerprint density at radius 2 is 1.05 bits per heavy atom. The second kappa shape index (κ2) is 13.3. The van der Waals surface area contributed by atoms with Gasteiger partial charge in [-0.15, -0.1) is 0 Å². The van der Waals surface area contributed by atoms with Crippen LogP contribution in [0, 0.1) is 0 Å². The molecule has 8 atom stereocenters. The number of aliphatic hydroxyl groups is 3. The van der Waals surface area contributed by atoms with Crippen molar-refractivity contribution in [1.29, 1.82) is 0 Å². The van der Waals surface area contributed by atoms with Gasteiger partial charge in [0.1, 0.15) is 81.6 Å². The van der Waals surface area contributed by atoms with Crippen molar-refractivity contribution in [2.75, 3.05) is 0 Å². The first-order chi connectivity index (χ1) is 29.1. The molecule has 0 saturated carbocycles. The molecule has 10 rings (SSSR count). The molecule has 0 unspecified atom stereocenters. The molecular weight excluding hydrogens is 796 g/mol. The molecule has 4 heterocycles. The van der Waals surface area contributed by atoms with Gasteiger partial charge in [0.2, 0.25) is 0 Å². The Labute approximate surface area is 344 Å². The van der Waals surface area contributed by atoms with Gasteiger partial charge >= 0.3 is 5.79 Å². The normalized spacial score (nSPS) is 25.6. The van der Waals surface area contributed by atoms with E-state index in [1.807, 2.05) is 0 Å². The van der Waals surface area contributed by atoms with Crippen molar-refractivity contribution in [3.05, 3.63) is 136 Å². The third kappa shape index (κ3) is 5.56. The molecule has 61 heavy (non-hydrogen) atoms. The standard InChI is InChI=1S/C45H36O16/c46-20-6-1-17(2-7-20)41-39(56)37(34-28(53)15-25(50)23-14-30(55)40(58-42(23)34)18-3-10-24(49)26(51)11-18)35-29(54)16-32-36(43(35)59-41)38-33-27(52)12-22(48)13-31(33)60-45(61-32,44(38)57)19-4-8-21(47)9-5-19/h1-13,15-16,30,37-41,44,46-57H,14H2/t30-,37+,38-,39-,40-,41-,44-,45+/m1/s1. The summed E-state index contributed by atoms with van der Waals surface area (Å²) in [4.78, 5) is 0. The second-order valence-electron chi connectivity index (χ2n) is 15.6. The summed E-state index contributed by atoms with van der Waals surface area (Å²) in [6, 6.07) is 19.5. The number of phenols is 9. The first kappa shape index (κ1) is 37.8. The molecule has 0 spiro atoms. The molecule has 312 valence electrons. The minimum atomic E-state index is -2.11. The lowest BCUT2D eigenvalue weighted by atomic mass is 9.71. The molecule has 0 aliphatic carbocycles. The largest absolute Gasteiger partial charge is 0.508 e. The summed E-state index contributed by atoms with van der Waals surface area (Å²) < 4.78 is 25.9. The molecule has 16 heteroatoms. The Morgan fingerprint density at radius 1 is 0.459 bits per heavy atom. The van der Waals surface area contributed by atoms with Crippen LogP contribution in [0.4, 0.5) is 0 Å². The summed E-state index contributed by atoms with van der Waals surface area (Å²) in [6.07, 6.45) is -7.63. The summed E-state index contributed by atoms with van der Waals surface area (Å²) >= 11 is 0. The molecule has 6 aromatic carbocycles. The molecule has 0 radical (unpaired) electrons. The van der Waals surface area contributed by atoms with E-state index in [0.717, 1.165) is 12.1 Å². The van der Waals surface area contributed by atoms with E-state index in [0.29, 0.717) is 5.56 Å². The van der Waals surface area contributed by atoms with Crippen molar-refractivity contribution in [1.82, 2.24) is 0 Å². The van der Waals surface area contributed by atoms with Crippen molar-refractivity contribution < 1.29 is 80.2 Å². The van der Waals surface area contributed by atoms with Crippen molar-refractivity contribution in [3.63, 3.8) is 0 Å². The van der Waals surface area contributed by atoms with Gasteiger partial charge in [-0.25, -0.2) is 0 Å². The molecule has 2 bridgehead atoms. The van der Waals surface area contributed by atoms with Gasteiger partial charge in [-0.2, -0.15) is 0 Å². The van der Waals surface area contributed by atoms with Crippen LogP contribution in [0.1, 0.15) is 68.6 Å². The van der Waals surface area contributed by atoms with E-state index >= 15 is 0 Å². The van der Waals surface area contributed by atoms with Crippen LogP contribution in [0.25, 0.3) is 0 Å². The average Bonchev–Trinajstić information content (AvgIpc) is 3.20. The van der Waals surface area contributed by atoms with Gasteiger partial charge < -0.3 is 80.2 Å². The van der Waals surface area contributed by atoms with E-state index in [2.05, 4.69) is 0 Å². The van der Waals surface area contributed by atoms with Crippen molar-refractivity contribution in [3.8, 4) is 74.7 Å². The zero-order valence-corrected chi connectivity index (χ0v) is 31.4. The number of benzene rings is 6. The van der Waals surface area contributed by atoms with Gasteiger partial charge in [-0.3, -0.25) is 0 Å². The van der Waals surface area contributed by atoms with E-state index < -0.39 is 82.6 Å². The topological polar surface area (TPSA) is 280 Å². The fourth-order valence-corrected chi connectivity index (χ4v) is 9.22. The Bertz CT molecular complexity index is 2770. The lowest BCUT2D eigenvalue weighted by Gasteiger charge is -2.51. The zero-order valence-electron chi connectivity index (χ0n) is 31.4. The van der Waals surface area contributed by atoms with Crippen LogP contribution >= 0.6 is 0 Å². The molecule has 6 aromatic rings. The third-order valence-corrected chi connectivity index (χ3v) is 12.0. The predicted molar refractivity (Wildman–Crippen MR) is 209 cm³/mol. The molecular formula is C45H36O16. The molecule has 0 aromatic heterocycles. The number of hydrogen-bond acceptors (Lipinski definition) is 16. The minimum Gasteiger partial charge on any atom is -0.508 e. The number of rotatable bonds is 4. The zero-order chi connectivity index (χ0) is 42.8. The van der Waals surface area contributed by atoms with Crippen LogP contribution in [-0.2, 0) is 12.2 Å². The van der Waals surface area contributed by atoms with Crippen molar-refractivity contribution in [2.45, 2.75) is 54.6 Å². The number of hydrogen-bond donors (Lipinski definition) is 12.